The molecular formula is C17H26N2O. The van der Waals surface area contributed by atoms with E-state index in [0.717, 1.165) is 44.6 Å². The second-order valence-electron chi connectivity index (χ2n) is 5.80. The number of hydrogen-bond acceptors (Lipinski definition) is 2. The topological polar surface area (TPSA) is 32.3 Å². The molecule has 0 bridgehead atoms. The van der Waals surface area contributed by atoms with Gasteiger partial charge in [0.05, 0.1) is 0 Å². The highest BCUT2D eigenvalue weighted by Gasteiger charge is 2.23. The van der Waals surface area contributed by atoms with E-state index < -0.39 is 0 Å². The average Bonchev–Trinajstić information content (AvgIpc) is 2.60. The van der Waals surface area contributed by atoms with Gasteiger partial charge in [-0.15, -0.1) is 0 Å². The van der Waals surface area contributed by atoms with Crippen molar-refractivity contribution in [2.24, 2.45) is 5.92 Å². The molecule has 1 aliphatic rings. The van der Waals surface area contributed by atoms with Crippen molar-refractivity contribution in [3.63, 3.8) is 0 Å². The summed E-state index contributed by atoms with van der Waals surface area (Å²) in [5.41, 5.74) is 2.43. The summed E-state index contributed by atoms with van der Waals surface area (Å²) in [6, 6.07) is 8.34. The van der Waals surface area contributed by atoms with E-state index in [1.807, 2.05) is 11.0 Å². The van der Waals surface area contributed by atoms with E-state index in [1.165, 1.54) is 5.56 Å². The van der Waals surface area contributed by atoms with Crippen LogP contribution in [0.1, 0.15) is 38.7 Å². The number of amides is 1. The molecule has 1 atom stereocenters. The van der Waals surface area contributed by atoms with Gasteiger partial charge in [0.2, 0.25) is 5.91 Å². The number of fused-ring (bicyclic) bond motifs is 1. The van der Waals surface area contributed by atoms with Gasteiger partial charge in [0.25, 0.3) is 0 Å². The van der Waals surface area contributed by atoms with Crippen LogP contribution in [0.3, 0.4) is 0 Å². The van der Waals surface area contributed by atoms with Gasteiger partial charge in [-0.2, -0.15) is 0 Å². The second kappa shape index (κ2) is 7.44. The monoisotopic (exact) mass is 274 g/mol. The van der Waals surface area contributed by atoms with Crippen molar-refractivity contribution in [2.45, 2.75) is 39.5 Å². The SMILES string of the molecule is CCCNCC(C)CN1C(=O)CCCc2ccccc21. The van der Waals surface area contributed by atoms with Crippen molar-refractivity contribution in [1.82, 2.24) is 5.32 Å². The molecule has 0 aliphatic carbocycles. The summed E-state index contributed by atoms with van der Waals surface area (Å²) < 4.78 is 0. The highest BCUT2D eigenvalue weighted by molar-refractivity contribution is 5.94. The molecule has 110 valence electrons. The summed E-state index contributed by atoms with van der Waals surface area (Å²) in [6.45, 7) is 7.22. The summed E-state index contributed by atoms with van der Waals surface area (Å²) in [6.07, 6.45) is 3.80. The molecule has 20 heavy (non-hydrogen) atoms. The Morgan fingerprint density at radius 3 is 2.90 bits per heavy atom. The van der Waals surface area contributed by atoms with Crippen LogP contribution < -0.4 is 10.2 Å². The summed E-state index contributed by atoms with van der Waals surface area (Å²) in [4.78, 5) is 14.3. The Bertz CT molecular complexity index is 444. The van der Waals surface area contributed by atoms with E-state index in [4.69, 9.17) is 0 Å². The predicted molar refractivity (Wildman–Crippen MR) is 84.1 cm³/mol. The lowest BCUT2D eigenvalue weighted by atomic mass is 10.1. The molecule has 0 aromatic heterocycles. The van der Waals surface area contributed by atoms with Crippen LogP contribution in [0.2, 0.25) is 0 Å². The molecule has 0 spiro atoms. The lowest BCUT2D eigenvalue weighted by Gasteiger charge is -2.26. The van der Waals surface area contributed by atoms with Crippen LogP contribution >= 0.6 is 0 Å². The van der Waals surface area contributed by atoms with Crippen molar-refractivity contribution in [2.75, 3.05) is 24.5 Å². The minimum absolute atomic E-state index is 0.275. The first-order chi connectivity index (χ1) is 9.72. The number of para-hydroxylation sites is 1. The highest BCUT2D eigenvalue weighted by Crippen LogP contribution is 2.27. The minimum atomic E-state index is 0.275. The highest BCUT2D eigenvalue weighted by atomic mass is 16.2. The molecule has 1 N–H and O–H groups in total. The molecule has 0 radical (unpaired) electrons. The number of carbonyl (C=O) groups is 1. The number of hydrogen-bond donors (Lipinski definition) is 1. The zero-order valence-electron chi connectivity index (χ0n) is 12.7. The van der Waals surface area contributed by atoms with Crippen molar-refractivity contribution in [3.8, 4) is 0 Å². The Hall–Kier alpha value is -1.35. The zero-order chi connectivity index (χ0) is 14.4. The Balaban J connectivity index is 2.06. The number of benzene rings is 1. The average molecular weight is 274 g/mol. The summed E-state index contributed by atoms with van der Waals surface area (Å²) in [7, 11) is 0. The van der Waals surface area contributed by atoms with E-state index in [9.17, 15) is 4.79 Å². The molecule has 1 aliphatic heterocycles. The molecule has 0 saturated carbocycles. The minimum Gasteiger partial charge on any atom is -0.316 e. The predicted octanol–water partition coefficient (Wildman–Crippen LogP) is 2.99. The summed E-state index contributed by atoms with van der Waals surface area (Å²) in [5, 5.41) is 3.44. The molecule has 3 nitrogen and oxygen atoms in total. The fourth-order valence-corrected chi connectivity index (χ4v) is 2.79. The molecule has 1 amide bonds. The quantitative estimate of drug-likeness (QED) is 0.809. The number of carbonyl (C=O) groups excluding carboxylic acids is 1. The standard InChI is InChI=1S/C17H26N2O/c1-3-11-18-12-14(2)13-19-16-9-5-4-7-15(16)8-6-10-17(19)20/h4-5,7,9,14,18H,3,6,8,10-13H2,1-2H3. The third-order valence-electron chi connectivity index (χ3n) is 3.83. The van der Waals surface area contributed by atoms with Crippen LogP contribution in [0.25, 0.3) is 0 Å². The first-order valence-electron chi connectivity index (χ1n) is 7.81. The molecule has 1 unspecified atom stereocenters. The van der Waals surface area contributed by atoms with Crippen LogP contribution in [0, 0.1) is 5.92 Å². The fraction of sp³-hybridized carbons (Fsp3) is 0.588. The van der Waals surface area contributed by atoms with E-state index in [2.05, 4.69) is 37.4 Å². The van der Waals surface area contributed by atoms with Crippen LogP contribution in [0.15, 0.2) is 24.3 Å². The maximum absolute atomic E-state index is 12.3. The first-order valence-corrected chi connectivity index (χ1v) is 7.81. The van der Waals surface area contributed by atoms with E-state index in [1.54, 1.807) is 0 Å². The smallest absolute Gasteiger partial charge is 0.227 e. The number of aryl methyl sites for hydroxylation is 1. The third-order valence-corrected chi connectivity index (χ3v) is 3.83. The van der Waals surface area contributed by atoms with Gasteiger partial charge >= 0.3 is 0 Å². The van der Waals surface area contributed by atoms with Crippen molar-refractivity contribution >= 4 is 11.6 Å². The Morgan fingerprint density at radius 1 is 1.30 bits per heavy atom. The van der Waals surface area contributed by atoms with E-state index in [0.29, 0.717) is 12.3 Å². The molecule has 0 saturated heterocycles. The molecule has 1 aromatic rings. The molecule has 0 fully saturated rings. The molecule has 1 aromatic carbocycles. The van der Waals surface area contributed by atoms with Gasteiger partial charge in [-0.3, -0.25) is 4.79 Å². The number of rotatable bonds is 6. The fourth-order valence-electron chi connectivity index (χ4n) is 2.79. The van der Waals surface area contributed by atoms with Gasteiger partial charge in [-0.1, -0.05) is 32.0 Å². The second-order valence-corrected chi connectivity index (χ2v) is 5.80. The zero-order valence-corrected chi connectivity index (χ0v) is 12.7. The summed E-state index contributed by atoms with van der Waals surface area (Å²) in [5.74, 6) is 0.744. The first kappa shape index (κ1) is 15.0. The van der Waals surface area contributed by atoms with Crippen molar-refractivity contribution in [3.05, 3.63) is 29.8 Å². The maximum atomic E-state index is 12.3. The van der Waals surface area contributed by atoms with Gasteiger partial charge < -0.3 is 10.2 Å². The van der Waals surface area contributed by atoms with Crippen LogP contribution in [0.5, 0.6) is 0 Å². The number of nitrogens with zero attached hydrogens (tertiary/aromatic N) is 1. The molecule has 2 rings (SSSR count). The van der Waals surface area contributed by atoms with Gasteiger partial charge in [0.1, 0.15) is 0 Å². The normalized spacial score (nSPS) is 16.7. The maximum Gasteiger partial charge on any atom is 0.227 e. The third kappa shape index (κ3) is 3.83. The van der Waals surface area contributed by atoms with Crippen molar-refractivity contribution < 1.29 is 4.79 Å². The van der Waals surface area contributed by atoms with Gasteiger partial charge in [0.15, 0.2) is 0 Å². The van der Waals surface area contributed by atoms with Crippen molar-refractivity contribution in [1.29, 1.82) is 0 Å². The number of nitrogens with one attached hydrogen (secondary N) is 1. The summed E-state index contributed by atoms with van der Waals surface area (Å²) >= 11 is 0. The Labute approximate surface area is 122 Å². The Kier molecular flexibility index (Phi) is 5.60. The number of anilines is 1. The lowest BCUT2D eigenvalue weighted by molar-refractivity contribution is -0.118. The molecule has 3 heteroatoms. The van der Waals surface area contributed by atoms with Gasteiger partial charge in [0, 0.05) is 18.7 Å². The van der Waals surface area contributed by atoms with Gasteiger partial charge in [-0.05, 0) is 49.9 Å². The van der Waals surface area contributed by atoms with Crippen LogP contribution in [-0.4, -0.2) is 25.5 Å². The van der Waals surface area contributed by atoms with E-state index in [-0.39, 0.29) is 5.91 Å². The lowest BCUT2D eigenvalue weighted by Crippen LogP contribution is -2.37. The van der Waals surface area contributed by atoms with Crippen LogP contribution in [0.4, 0.5) is 5.69 Å². The largest absolute Gasteiger partial charge is 0.316 e. The molecular weight excluding hydrogens is 248 g/mol. The molecule has 1 heterocycles. The van der Waals surface area contributed by atoms with Crippen LogP contribution in [-0.2, 0) is 11.2 Å². The van der Waals surface area contributed by atoms with E-state index >= 15 is 0 Å². The Morgan fingerprint density at radius 2 is 2.10 bits per heavy atom. The van der Waals surface area contributed by atoms with Gasteiger partial charge in [-0.25, -0.2) is 0 Å².